The summed E-state index contributed by atoms with van der Waals surface area (Å²) in [6.45, 7) is 3.30. The van der Waals surface area contributed by atoms with Crippen molar-refractivity contribution >= 4 is 23.3 Å². The summed E-state index contributed by atoms with van der Waals surface area (Å²) in [5, 5.41) is 0.296. The number of anilines is 1. The predicted molar refractivity (Wildman–Crippen MR) is 67.3 cm³/mol. The third kappa shape index (κ3) is 4.63. The lowest BCUT2D eigenvalue weighted by Crippen LogP contribution is -2.11. The normalized spacial score (nSPS) is 10.2. The van der Waals surface area contributed by atoms with Gasteiger partial charge in [-0.05, 0) is 24.6 Å². The first-order chi connectivity index (χ1) is 8.15. The quantitative estimate of drug-likeness (QED) is 0.483. The van der Waals surface area contributed by atoms with Gasteiger partial charge in [0, 0.05) is 12.3 Å². The lowest BCUT2D eigenvalue weighted by Gasteiger charge is -2.07. The third-order valence-corrected chi connectivity index (χ3v) is 2.34. The monoisotopic (exact) mass is 257 g/mol. The average molecular weight is 258 g/mol. The van der Waals surface area contributed by atoms with Crippen LogP contribution in [0.5, 0.6) is 0 Å². The van der Waals surface area contributed by atoms with Crippen LogP contribution in [0.2, 0.25) is 5.02 Å². The van der Waals surface area contributed by atoms with Gasteiger partial charge in [0.25, 0.3) is 0 Å². The number of carbonyl (C=O) groups excluding carboxylic acids is 1. The second kappa shape index (κ2) is 7.14. The highest BCUT2D eigenvalue weighted by Gasteiger charge is 2.11. The molecule has 0 fully saturated rings. The van der Waals surface area contributed by atoms with Crippen molar-refractivity contribution in [1.82, 2.24) is 0 Å². The smallest absolute Gasteiger partial charge is 0.339 e. The van der Waals surface area contributed by atoms with Crippen LogP contribution in [-0.2, 0) is 9.47 Å². The molecule has 0 saturated carbocycles. The molecule has 0 radical (unpaired) electrons. The molecular formula is C12H16ClNO3. The molecule has 0 spiro atoms. The Balaban J connectivity index is 2.42. The van der Waals surface area contributed by atoms with Crippen molar-refractivity contribution < 1.29 is 14.3 Å². The van der Waals surface area contributed by atoms with Crippen molar-refractivity contribution in [1.29, 1.82) is 0 Å². The number of hydrogen-bond acceptors (Lipinski definition) is 4. The van der Waals surface area contributed by atoms with Crippen LogP contribution in [0.15, 0.2) is 18.2 Å². The second-order valence-corrected chi connectivity index (χ2v) is 3.89. The molecule has 0 saturated heterocycles. The Morgan fingerprint density at radius 1 is 1.35 bits per heavy atom. The van der Waals surface area contributed by atoms with E-state index in [-0.39, 0.29) is 6.61 Å². The van der Waals surface area contributed by atoms with Crippen molar-refractivity contribution in [3.63, 3.8) is 0 Å². The average Bonchev–Trinajstić information content (AvgIpc) is 2.28. The number of esters is 1. The molecule has 94 valence electrons. The van der Waals surface area contributed by atoms with Crippen LogP contribution in [0.1, 0.15) is 23.7 Å². The summed E-state index contributed by atoms with van der Waals surface area (Å²) in [6.07, 6.45) is 0.942. The van der Waals surface area contributed by atoms with E-state index in [9.17, 15) is 4.79 Å². The van der Waals surface area contributed by atoms with E-state index in [1.54, 1.807) is 12.1 Å². The molecule has 0 aliphatic rings. The van der Waals surface area contributed by atoms with Crippen LogP contribution >= 0.6 is 11.6 Å². The van der Waals surface area contributed by atoms with Crippen molar-refractivity contribution in [2.24, 2.45) is 0 Å². The fourth-order valence-corrected chi connectivity index (χ4v) is 1.48. The number of carbonyl (C=O) groups is 1. The lowest BCUT2D eigenvalue weighted by molar-refractivity contribution is 0.0319. The van der Waals surface area contributed by atoms with Crippen LogP contribution < -0.4 is 5.73 Å². The highest BCUT2D eigenvalue weighted by molar-refractivity contribution is 6.33. The van der Waals surface area contributed by atoms with Crippen molar-refractivity contribution in [2.75, 3.05) is 25.6 Å². The largest absolute Gasteiger partial charge is 0.460 e. The Labute approximate surface area is 106 Å². The zero-order chi connectivity index (χ0) is 12.7. The second-order valence-electron chi connectivity index (χ2n) is 3.49. The van der Waals surface area contributed by atoms with Crippen molar-refractivity contribution in [2.45, 2.75) is 13.3 Å². The van der Waals surface area contributed by atoms with E-state index in [0.29, 0.717) is 29.5 Å². The maximum absolute atomic E-state index is 11.6. The summed E-state index contributed by atoms with van der Waals surface area (Å²) in [6, 6.07) is 4.68. The zero-order valence-electron chi connectivity index (χ0n) is 9.74. The Morgan fingerprint density at radius 3 is 2.76 bits per heavy atom. The van der Waals surface area contributed by atoms with Crippen LogP contribution in [0, 0.1) is 0 Å². The van der Waals surface area contributed by atoms with Crippen LogP contribution in [-0.4, -0.2) is 25.8 Å². The predicted octanol–water partition coefficient (Wildman–Crippen LogP) is 2.51. The highest BCUT2D eigenvalue weighted by Crippen LogP contribution is 2.19. The topological polar surface area (TPSA) is 61.5 Å². The van der Waals surface area contributed by atoms with Crippen LogP contribution in [0.25, 0.3) is 0 Å². The molecule has 0 atom stereocenters. The SMILES string of the molecule is CCCOCCOC(=O)c1ccc(N)cc1Cl. The van der Waals surface area contributed by atoms with Gasteiger partial charge in [0.05, 0.1) is 17.2 Å². The number of benzene rings is 1. The van der Waals surface area contributed by atoms with Gasteiger partial charge >= 0.3 is 5.97 Å². The molecular weight excluding hydrogens is 242 g/mol. The van der Waals surface area contributed by atoms with Gasteiger partial charge in [-0.3, -0.25) is 0 Å². The number of hydrogen-bond donors (Lipinski definition) is 1. The third-order valence-electron chi connectivity index (χ3n) is 2.02. The number of nitrogen functional groups attached to an aromatic ring is 1. The molecule has 1 aromatic carbocycles. The Morgan fingerprint density at radius 2 is 2.12 bits per heavy atom. The van der Waals surface area contributed by atoms with Gasteiger partial charge in [0.15, 0.2) is 0 Å². The molecule has 0 amide bonds. The molecule has 1 rings (SSSR count). The first-order valence-electron chi connectivity index (χ1n) is 5.45. The summed E-state index contributed by atoms with van der Waals surface area (Å²) in [7, 11) is 0. The van der Waals surface area contributed by atoms with Crippen LogP contribution in [0.3, 0.4) is 0 Å². The van der Waals surface area contributed by atoms with Gasteiger partial charge in [-0.1, -0.05) is 18.5 Å². The molecule has 0 bridgehead atoms. The van der Waals surface area contributed by atoms with E-state index >= 15 is 0 Å². The minimum absolute atomic E-state index is 0.222. The maximum atomic E-state index is 11.6. The number of nitrogens with two attached hydrogens (primary N) is 1. The molecule has 0 aliphatic carbocycles. The molecule has 2 N–H and O–H groups in total. The van der Waals surface area contributed by atoms with E-state index in [1.807, 2.05) is 6.92 Å². The summed E-state index contributed by atoms with van der Waals surface area (Å²) in [5.41, 5.74) is 6.35. The van der Waals surface area contributed by atoms with Gasteiger partial charge in [-0.25, -0.2) is 4.79 Å². The molecule has 1 aromatic rings. The van der Waals surface area contributed by atoms with E-state index in [0.717, 1.165) is 6.42 Å². The standard InChI is InChI=1S/C12H16ClNO3/c1-2-5-16-6-7-17-12(15)10-4-3-9(14)8-11(10)13/h3-4,8H,2,5-7,14H2,1H3. The molecule has 0 aliphatic heterocycles. The highest BCUT2D eigenvalue weighted by atomic mass is 35.5. The van der Waals surface area contributed by atoms with E-state index in [4.69, 9.17) is 26.8 Å². The summed E-state index contributed by atoms with van der Waals surface area (Å²) in [5.74, 6) is -0.463. The van der Waals surface area contributed by atoms with Gasteiger partial charge in [-0.2, -0.15) is 0 Å². The number of rotatable bonds is 6. The summed E-state index contributed by atoms with van der Waals surface area (Å²) >= 11 is 5.87. The van der Waals surface area contributed by atoms with Gasteiger partial charge in [-0.15, -0.1) is 0 Å². The number of halogens is 1. The number of ether oxygens (including phenoxy) is 2. The Hall–Kier alpha value is -1.26. The minimum atomic E-state index is -0.463. The van der Waals surface area contributed by atoms with E-state index < -0.39 is 5.97 Å². The molecule has 4 nitrogen and oxygen atoms in total. The fourth-order valence-electron chi connectivity index (χ4n) is 1.21. The van der Waals surface area contributed by atoms with Crippen molar-refractivity contribution in [3.05, 3.63) is 28.8 Å². The van der Waals surface area contributed by atoms with Gasteiger partial charge in [0.2, 0.25) is 0 Å². The lowest BCUT2D eigenvalue weighted by atomic mass is 10.2. The molecule has 0 unspecified atom stereocenters. The molecule has 0 heterocycles. The minimum Gasteiger partial charge on any atom is -0.460 e. The Kier molecular flexibility index (Phi) is 5.80. The maximum Gasteiger partial charge on any atom is 0.339 e. The molecule has 17 heavy (non-hydrogen) atoms. The van der Waals surface area contributed by atoms with Crippen LogP contribution in [0.4, 0.5) is 5.69 Å². The molecule has 5 heteroatoms. The summed E-state index contributed by atoms with van der Waals surface area (Å²) < 4.78 is 10.2. The van der Waals surface area contributed by atoms with Gasteiger partial charge < -0.3 is 15.2 Å². The van der Waals surface area contributed by atoms with E-state index in [2.05, 4.69) is 0 Å². The Bertz CT molecular complexity index is 382. The van der Waals surface area contributed by atoms with Gasteiger partial charge in [0.1, 0.15) is 6.61 Å². The summed E-state index contributed by atoms with van der Waals surface area (Å²) in [4.78, 5) is 11.6. The fraction of sp³-hybridized carbons (Fsp3) is 0.417. The van der Waals surface area contributed by atoms with Crippen molar-refractivity contribution in [3.8, 4) is 0 Å². The first kappa shape index (κ1) is 13.8. The molecule has 0 aromatic heterocycles. The van der Waals surface area contributed by atoms with E-state index in [1.165, 1.54) is 6.07 Å². The first-order valence-corrected chi connectivity index (χ1v) is 5.83. The zero-order valence-corrected chi connectivity index (χ0v) is 10.5.